The summed E-state index contributed by atoms with van der Waals surface area (Å²) in [7, 11) is 0. The molecule has 0 heterocycles. The molecule has 0 radical (unpaired) electrons. The van der Waals surface area contributed by atoms with Gasteiger partial charge < -0.3 is 11.1 Å². The molecule has 4 atom stereocenters. The van der Waals surface area contributed by atoms with E-state index in [-0.39, 0.29) is 11.9 Å². The highest BCUT2D eigenvalue weighted by Gasteiger charge is 2.30. The molecule has 1 amide bonds. The number of hydrogen-bond donors (Lipinski definition) is 2. The van der Waals surface area contributed by atoms with Crippen molar-refractivity contribution in [1.82, 2.24) is 5.32 Å². The molecule has 3 N–H and O–H groups in total. The van der Waals surface area contributed by atoms with Gasteiger partial charge in [-0.1, -0.05) is 13.8 Å². The molecule has 0 aromatic heterocycles. The predicted molar refractivity (Wildman–Crippen MR) is 53.1 cm³/mol. The molecule has 0 aromatic rings. The lowest BCUT2D eigenvalue weighted by molar-refractivity contribution is -0.122. The van der Waals surface area contributed by atoms with Crippen LogP contribution < -0.4 is 11.1 Å². The largest absolute Gasteiger partial charge is 0.352 e. The fourth-order valence-electron chi connectivity index (χ4n) is 1.88. The van der Waals surface area contributed by atoms with Crippen molar-refractivity contribution in [1.29, 1.82) is 0 Å². The van der Waals surface area contributed by atoms with Crippen molar-refractivity contribution >= 4 is 5.91 Å². The molecule has 3 heteroatoms. The van der Waals surface area contributed by atoms with Gasteiger partial charge >= 0.3 is 0 Å². The van der Waals surface area contributed by atoms with Crippen molar-refractivity contribution in [2.24, 2.45) is 17.6 Å². The Morgan fingerprint density at radius 2 is 2.08 bits per heavy atom. The average Bonchev–Trinajstić information content (AvgIpc) is 2.36. The minimum absolute atomic E-state index is 0.0223. The quantitative estimate of drug-likeness (QED) is 0.669. The van der Waals surface area contributed by atoms with Gasteiger partial charge in [-0.15, -0.1) is 0 Å². The summed E-state index contributed by atoms with van der Waals surface area (Å²) in [4.78, 5) is 11.3. The zero-order valence-corrected chi connectivity index (χ0v) is 8.71. The zero-order chi connectivity index (χ0) is 10.0. The molecule has 13 heavy (non-hydrogen) atoms. The number of hydrogen-bond acceptors (Lipinski definition) is 2. The number of nitrogens with one attached hydrogen (secondary N) is 1. The number of amides is 1. The highest BCUT2D eigenvalue weighted by Crippen LogP contribution is 2.30. The second-order valence-electron chi connectivity index (χ2n) is 4.32. The minimum Gasteiger partial charge on any atom is -0.352 e. The molecule has 0 spiro atoms. The van der Waals surface area contributed by atoms with Gasteiger partial charge in [0.05, 0.1) is 6.04 Å². The molecule has 0 saturated heterocycles. The van der Waals surface area contributed by atoms with Crippen LogP contribution in [0.4, 0.5) is 0 Å². The molecular weight excluding hydrogens is 164 g/mol. The Kier molecular flexibility index (Phi) is 3.31. The summed E-state index contributed by atoms with van der Waals surface area (Å²) in [6.07, 6.45) is 2.31. The molecule has 3 nitrogen and oxygen atoms in total. The third kappa shape index (κ3) is 2.44. The van der Waals surface area contributed by atoms with E-state index in [9.17, 15) is 4.79 Å². The van der Waals surface area contributed by atoms with Crippen molar-refractivity contribution in [3.63, 3.8) is 0 Å². The van der Waals surface area contributed by atoms with Crippen LogP contribution in [-0.2, 0) is 4.79 Å². The number of carbonyl (C=O) groups excluding carboxylic acids is 1. The van der Waals surface area contributed by atoms with E-state index in [2.05, 4.69) is 19.2 Å². The van der Waals surface area contributed by atoms with Crippen LogP contribution in [0.1, 0.15) is 33.6 Å². The fraction of sp³-hybridized carbons (Fsp3) is 0.900. The van der Waals surface area contributed by atoms with Gasteiger partial charge in [0, 0.05) is 6.04 Å². The van der Waals surface area contributed by atoms with E-state index in [1.807, 2.05) is 0 Å². The smallest absolute Gasteiger partial charge is 0.236 e. The Balaban J connectivity index is 2.42. The SMILES string of the molecule is CC(N)C(=O)NC1CCC(C)C1C. The second kappa shape index (κ2) is 4.09. The van der Waals surface area contributed by atoms with Gasteiger partial charge in [-0.05, 0) is 31.6 Å². The lowest BCUT2D eigenvalue weighted by Gasteiger charge is -2.20. The first kappa shape index (κ1) is 10.5. The van der Waals surface area contributed by atoms with E-state index >= 15 is 0 Å². The predicted octanol–water partition coefficient (Wildman–Crippen LogP) is 0.884. The molecule has 1 saturated carbocycles. The van der Waals surface area contributed by atoms with Crippen molar-refractivity contribution in [2.45, 2.75) is 45.7 Å². The molecule has 76 valence electrons. The normalized spacial score (nSPS) is 35.8. The Morgan fingerprint density at radius 1 is 1.46 bits per heavy atom. The van der Waals surface area contributed by atoms with Gasteiger partial charge in [0.1, 0.15) is 0 Å². The number of carbonyl (C=O) groups is 1. The third-order valence-corrected chi connectivity index (χ3v) is 3.21. The maximum atomic E-state index is 11.3. The van der Waals surface area contributed by atoms with E-state index < -0.39 is 0 Å². The van der Waals surface area contributed by atoms with Gasteiger partial charge in [0.25, 0.3) is 0 Å². The van der Waals surface area contributed by atoms with Crippen molar-refractivity contribution in [3.05, 3.63) is 0 Å². The lowest BCUT2D eigenvalue weighted by Crippen LogP contribution is -2.45. The summed E-state index contributed by atoms with van der Waals surface area (Å²) >= 11 is 0. The van der Waals surface area contributed by atoms with Gasteiger partial charge in [-0.3, -0.25) is 4.79 Å². The number of nitrogens with two attached hydrogens (primary N) is 1. The number of rotatable bonds is 2. The molecule has 0 bridgehead atoms. The molecule has 1 aliphatic rings. The summed E-state index contributed by atoms with van der Waals surface area (Å²) in [5.41, 5.74) is 5.48. The molecule has 0 aromatic carbocycles. The topological polar surface area (TPSA) is 55.1 Å². The maximum Gasteiger partial charge on any atom is 0.236 e. The molecule has 1 rings (SSSR count). The van der Waals surface area contributed by atoms with Crippen LogP contribution in [0.5, 0.6) is 0 Å². The molecule has 4 unspecified atom stereocenters. The third-order valence-electron chi connectivity index (χ3n) is 3.21. The second-order valence-corrected chi connectivity index (χ2v) is 4.32. The first-order valence-electron chi connectivity index (χ1n) is 5.08. The van der Waals surface area contributed by atoms with Crippen molar-refractivity contribution in [2.75, 3.05) is 0 Å². The van der Waals surface area contributed by atoms with E-state index in [1.54, 1.807) is 6.92 Å². The molecular formula is C10H20N2O. The Morgan fingerprint density at radius 3 is 2.46 bits per heavy atom. The van der Waals surface area contributed by atoms with E-state index in [0.717, 1.165) is 12.3 Å². The van der Waals surface area contributed by atoms with Gasteiger partial charge in [-0.25, -0.2) is 0 Å². The average molecular weight is 184 g/mol. The summed E-state index contributed by atoms with van der Waals surface area (Å²) in [6.45, 7) is 6.16. The van der Waals surface area contributed by atoms with Crippen LogP contribution in [-0.4, -0.2) is 18.0 Å². The van der Waals surface area contributed by atoms with Crippen LogP contribution >= 0.6 is 0 Å². The summed E-state index contributed by atoms with van der Waals surface area (Å²) in [5.74, 6) is 1.28. The van der Waals surface area contributed by atoms with Crippen LogP contribution in [0.15, 0.2) is 0 Å². The van der Waals surface area contributed by atoms with Gasteiger partial charge in [-0.2, -0.15) is 0 Å². The van der Waals surface area contributed by atoms with E-state index in [4.69, 9.17) is 5.73 Å². The first-order chi connectivity index (χ1) is 6.02. The van der Waals surface area contributed by atoms with E-state index in [0.29, 0.717) is 12.0 Å². The fourth-order valence-corrected chi connectivity index (χ4v) is 1.88. The first-order valence-corrected chi connectivity index (χ1v) is 5.08. The molecule has 0 aliphatic heterocycles. The van der Waals surface area contributed by atoms with Crippen molar-refractivity contribution < 1.29 is 4.79 Å². The zero-order valence-electron chi connectivity index (χ0n) is 8.71. The monoisotopic (exact) mass is 184 g/mol. The summed E-state index contributed by atoms with van der Waals surface area (Å²) < 4.78 is 0. The lowest BCUT2D eigenvalue weighted by atomic mass is 9.98. The van der Waals surface area contributed by atoms with Crippen LogP contribution in [0.25, 0.3) is 0 Å². The van der Waals surface area contributed by atoms with E-state index in [1.165, 1.54) is 6.42 Å². The minimum atomic E-state index is -0.386. The van der Waals surface area contributed by atoms with Crippen LogP contribution in [0.3, 0.4) is 0 Å². The van der Waals surface area contributed by atoms with Crippen LogP contribution in [0, 0.1) is 11.8 Å². The summed E-state index contributed by atoms with van der Waals surface area (Å²) in [5, 5.41) is 2.99. The van der Waals surface area contributed by atoms with Gasteiger partial charge in [0.2, 0.25) is 5.91 Å². The molecule has 1 fully saturated rings. The Hall–Kier alpha value is -0.570. The standard InChI is InChI=1S/C10H20N2O/c1-6-4-5-9(7(6)2)12-10(13)8(3)11/h6-9H,4-5,11H2,1-3H3,(H,12,13). The van der Waals surface area contributed by atoms with Crippen LogP contribution in [0.2, 0.25) is 0 Å². The highest BCUT2D eigenvalue weighted by atomic mass is 16.2. The Bertz CT molecular complexity index is 191. The summed E-state index contributed by atoms with van der Waals surface area (Å²) in [6, 6.07) is -0.0448. The molecule has 1 aliphatic carbocycles. The maximum absolute atomic E-state index is 11.3. The van der Waals surface area contributed by atoms with Gasteiger partial charge in [0.15, 0.2) is 0 Å². The Labute approximate surface area is 80.1 Å². The highest BCUT2D eigenvalue weighted by molar-refractivity contribution is 5.81. The van der Waals surface area contributed by atoms with Crippen molar-refractivity contribution in [3.8, 4) is 0 Å².